The van der Waals surface area contributed by atoms with Gasteiger partial charge in [0.2, 0.25) is 0 Å². The van der Waals surface area contributed by atoms with Gasteiger partial charge >= 0.3 is 6.09 Å². The first-order chi connectivity index (χ1) is 14.4. The molecule has 0 saturated heterocycles. The van der Waals surface area contributed by atoms with Crippen LogP contribution in [0.1, 0.15) is 44.7 Å². The smallest absolute Gasteiger partial charge is 0.408 e. The van der Waals surface area contributed by atoms with Crippen LogP contribution >= 0.6 is 11.6 Å². The third kappa shape index (κ3) is 4.73. The van der Waals surface area contributed by atoms with Crippen molar-refractivity contribution in [1.82, 2.24) is 5.32 Å². The average molecular weight is 465 g/mol. The van der Waals surface area contributed by atoms with Crippen LogP contribution in [0.15, 0.2) is 53.4 Å². The lowest BCUT2D eigenvalue weighted by molar-refractivity contribution is 0.0497. The van der Waals surface area contributed by atoms with E-state index in [-0.39, 0.29) is 11.4 Å². The van der Waals surface area contributed by atoms with Crippen LogP contribution in [0.4, 0.5) is 4.79 Å². The fraction of sp³-hybridized carbons (Fsp3) is 0.435. The lowest BCUT2D eigenvalue weighted by Gasteiger charge is -2.24. The number of carbonyl (C=O) groups is 1. The molecule has 2 aromatic carbocycles. The highest BCUT2D eigenvalue weighted by atomic mass is 35.5. The molecule has 0 heterocycles. The number of nitrogens with two attached hydrogens (primary N) is 1. The van der Waals surface area contributed by atoms with Crippen molar-refractivity contribution in [3.63, 3.8) is 0 Å². The number of alkyl carbamates (subject to hydrolysis) is 1. The Labute approximate surface area is 189 Å². The zero-order valence-electron chi connectivity index (χ0n) is 18.2. The van der Waals surface area contributed by atoms with E-state index >= 15 is 0 Å². The number of aryl methyl sites for hydroxylation is 1. The SMILES string of the molecule is CCc1ccc([C@@H]2[C@H](S(=O)(=O)c3ccc(Cl)cc3)[C@]2(CN)NC(=O)OC(C)(C)C)cc1. The maximum Gasteiger partial charge on any atom is 0.408 e. The Kier molecular flexibility index (Phi) is 6.42. The zero-order chi connectivity index (χ0) is 23.0. The molecular formula is C23H29ClN2O4S. The van der Waals surface area contributed by atoms with E-state index in [4.69, 9.17) is 22.1 Å². The molecule has 0 aliphatic heterocycles. The van der Waals surface area contributed by atoms with Crippen molar-refractivity contribution in [3.8, 4) is 0 Å². The molecule has 0 aromatic heterocycles. The van der Waals surface area contributed by atoms with Gasteiger partial charge in [-0.1, -0.05) is 42.8 Å². The number of sulfone groups is 1. The summed E-state index contributed by atoms with van der Waals surface area (Å²) >= 11 is 5.94. The molecule has 8 heteroatoms. The molecule has 2 aromatic rings. The number of rotatable bonds is 6. The van der Waals surface area contributed by atoms with Gasteiger partial charge in [-0.2, -0.15) is 0 Å². The van der Waals surface area contributed by atoms with Gasteiger partial charge in [0.05, 0.1) is 10.4 Å². The van der Waals surface area contributed by atoms with Crippen molar-refractivity contribution in [1.29, 1.82) is 0 Å². The van der Waals surface area contributed by atoms with Crippen molar-refractivity contribution < 1.29 is 17.9 Å². The van der Waals surface area contributed by atoms with Crippen LogP contribution in [0.2, 0.25) is 5.02 Å². The second kappa shape index (κ2) is 8.45. The Morgan fingerprint density at radius 2 is 1.71 bits per heavy atom. The summed E-state index contributed by atoms with van der Waals surface area (Å²) in [4.78, 5) is 12.7. The van der Waals surface area contributed by atoms with Crippen molar-refractivity contribution in [2.45, 2.75) is 61.3 Å². The van der Waals surface area contributed by atoms with Gasteiger partial charge in [0.15, 0.2) is 9.84 Å². The van der Waals surface area contributed by atoms with Crippen LogP contribution in [-0.2, 0) is 21.0 Å². The molecule has 3 atom stereocenters. The lowest BCUT2D eigenvalue weighted by atomic mass is 10.0. The molecule has 3 rings (SSSR count). The van der Waals surface area contributed by atoms with Crippen LogP contribution in [0.3, 0.4) is 0 Å². The van der Waals surface area contributed by atoms with E-state index in [0.717, 1.165) is 17.5 Å². The number of halogens is 1. The van der Waals surface area contributed by atoms with E-state index in [1.807, 2.05) is 31.2 Å². The van der Waals surface area contributed by atoms with E-state index in [1.165, 1.54) is 24.3 Å². The maximum absolute atomic E-state index is 13.6. The quantitative estimate of drug-likeness (QED) is 0.671. The molecule has 0 radical (unpaired) electrons. The number of benzene rings is 2. The predicted octanol–water partition coefficient (Wildman–Crippen LogP) is 4.06. The van der Waals surface area contributed by atoms with Crippen molar-refractivity contribution in [2.75, 3.05) is 6.54 Å². The van der Waals surface area contributed by atoms with Gasteiger partial charge in [0, 0.05) is 17.5 Å². The van der Waals surface area contributed by atoms with Crippen molar-refractivity contribution in [3.05, 3.63) is 64.7 Å². The fourth-order valence-electron chi connectivity index (χ4n) is 4.00. The van der Waals surface area contributed by atoms with E-state index in [0.29, 0.717) is 5.02 Å². The molecule has 6 nitrogen and oxygen atoms in total. The van der Waals surface area contributed by atoms with Gasteiger partial charge in [-0.3, -0.25) is 0 Å². The number of nitrogens with one attached hydrogen (secondary N) is 1. The van der Waals surface area contributed by atoms with Gasteiger partial charge in [-0.25, -0.2) is 13.2 Å². The molecule has 3 N–H and O–H groups in total. The molecule has 1 aliphatic rings. The van der Waals surface area contributed by atoms with Gasteiger partial charge < -0.3 is 15.8 Å². The molecule has 31 heavy (non-hydrogen) atoms. The second-order valence-corrected chi connectivity index (χ2v) is 11.4. The van der Waals surface area contributed by atoms with Crippen molar-refractivity contribution >= 4 is 27.5 Å². The molecule has 0 unspecified atom stereocenters. The summed E-state index contributed by atoms with van der Waals surface area (Å²) in [6, 6.07) is 13.8. The molecule has 0 spiro atoms. The summed E-state index contributed by atoms with van der Waals surface area (Å²) in [5.41, 5.74) is 6.15. The molecule has 1 amide bonds. The molecule has 168 valence electrons. The summed E-state index contributed by atoms with van der Waals surface area (Å²) in [6.07, 6.45) is 0.178. The maximum atomic E-state index is 13.6. The Morgan fingerprint density at radius 3 is 2.19 bits per heavy atom. The third-order valence-corrected chi connectivity index (χ3v) is 8.09. The number of amides is 1. The van der Waals surface area contributed by atoms with Crippen LogP contribution < -0.4 is 11.1 Å². The summed E-state index contributed by atoms with van der Waals surface area (Å²) < 4.78 is 32.5. The van der Waals surface area contributed by atoms with E-state index in [2.05, 4.69) is 5.32 Å². The highest BCUT2D eigenvalue weighted by Gasteiger charge is 2.71. The Balaban J connectivity index is 2.03. The number of carbonyl (C=O) groups excluding carboxylic acids is 1. The fourth-order valence-corrected chi connectivity index (χ4v) is 6.47. The predicted molar refractivity (Wildman–Crippen MR) is 122 cm³/mol. The van der Waals surface area contributed by atoms with Crippen LogP contribution in [-0.4, -0.2) is 37.4 Å². The average Bonchev–Trinajstić information content (AvgIpc) is 3.36. The van der Waals surface area contributed by atoms with E-state index < -0.39 is 38.2 Å². The van der Waals surface area contributed by atoms with Crippen LogP contribution in [0.25, 0.3) is 0 Å². The summed E-state index contributed by atoms with van der Waals surface area (Å²) in [6.45, 7) is 7.24. The minimum Gasteiger partial charge on any atom is -0.444 e. The van der Waals surface area contributed by atoms with Gasteiger partial charge in [0.1, 0.15) is 10.9 Å². The number of hydrogen-bond donors (Lipinski definition) is 2. The van der Waals surface area contributed by atoms with Crippen LogP contribution in [0.5, 0.6) is 0 Å². The molecule has 0 bridgehead atoms. The first kappa shape index (κ1) is 23.6. The molecule has 1 aliphatic carbocycles. The lowest BCUT2D eigenvalue weighted by Crippen LogP contribution is -2.49. The minimum atomic E-state index is -3.81. The van der Waals surface area contributed by atoms with E-state index in [1.54, 1.807) is 20.8 Å². The van der Waals surface area contributed by atoms with Gasteiger partial charge in [0.25, 0.3) is 0 Å². The third-order valence-electron chi connectivity index (χ3n) is 5.55. The minimum absolute atomic E-state index is 0.0517. The Morgan fingerprint density at radius 1 is 1.13 bits per heavy atom. The first-order valence-corrected chi connectivity index (χ1v) is 12.2. The summed E-state index contributed by atoms with van der Waals surface area (Å²) in [7, 11) is -3.81. The van der Waals surface area contributed by atoms with Crippen molar-refractivity contribution in [2.24, 2.45) is 5.73 Å². The largest absolute Gasteiger partial charge is 0.444 e. The first-order valence-electron chi connectivity index (χ1n) is 10.2. The number of hydrogen-bond acceptors (Lipinski definition) is 5. The van der Waals surface area contributed by atoms with E-state index in [9.17, 15) is 13.2 Å². The monoisotopic (exact) mass is 464 g/mol. The van der Waals surface area contributed by atoms with Crippen LogP contribution in [0, 0.1) is 0 Å². The zero-order valence-corrected chi connectivity index (χ0v) is 19.8. The number of ether oxygens (including phenoxy) is 1. The molecule has 1 fully saturated rings. The molecular weight excluding hydrogens is 436 g/mol. The normalized spacial score (nSPS) is 23.3. The highest BCUT2D eigenvalue weighted by Crippen LogP contribution is 2.57. The van der Waals surface area contributed by atoms with Gasteiger partial charge in [-0.05, 0) is 62.6 Å². The Bertz CT molecular complexity index is 1050. The topological polar surface area (TPSA) is 98.5 Å². The summed E-state index contributed by atoms with van der Waals surface area (Å²) in [5, 5.41) is 2.31. The highest BCUT2D eigenvalue weighted by molar-refractivity contribution is 7.92. The Hall–Kier alpha value is -2.09. The second-order valence-electron chi connectivity index (χ2n) is 8.86. The standard InChI is InChI=1S/C23H29ClN2O4S/c1-5-15-6-8-16(9-7-15)19-20(31(28,29)18-12-10-17(24)11-13-18)23(19,14-25)26-21(27)30-22(2,3)4/h6-13,19-20H,5,14,25H2,1-4H3,(H,26,27)/t19-,20+,23-/m1/s1. The summed E-state index contributed by atoms with van der Waals surface area (Å²) in [5.74, 6) is -0.503. The van der Waals surface area contributed by atoms with Gasteiger partial charge in [-0.15, -0.1) is 0 Å². The molecule has 1 saturated carbocycles.